The van der Waals surface area contributed by atoms with Crippen molar-refractivity contribution in [1.29, 1.82) is 0 Å². The summed E-state index contributed by atoms with van der Waals surface area (Å²) in [5.41, 5.74) is 0.172. The first-order valence-corrected chi connectivity index (χ1v) is 14.4. The van der Waals surface area contributed by atoms with E-state index in [0.29, 0.717) is 38.3 Å². The largest absolute Gasteiger partial charge is 0.490 e. The second kappa shape index (κ2) is 17.2. The van der Waals surface area contributed by atoms with Gasteiger partial charge in [-0.3, -0.25) is 4.79 Å². The zero-order valence-corrected chi connectivity index (χ0v) is 25.2. The number of nitrogens with one attached hydrogen (secondary N) is 4. The number of hydrogen-bond donors (Lipinski definition) is 5. The van der Waals surface area contributed by atoms with Crippen LogP contribution < -0.4 is 26.0 Å². The normalized spacial score (nSPS) is 19.6. The van der Waals surface area contributed by atoms with Gasteiger partial charge in [0.1, 0.15) is 30.0 Å². The molecule has 3 atom stereocenters. The highest BCUT2D eigenvalue weighted by atomic mass is 16.6. The fourth-order valence-electron chi connectivity index (χ4n) is 3.99. The molecule has 0 aromatic heterocycles. The lowest BCUT2D eigenvalue weighted by Gasteiger charge is -2.26. The molecule has 0 radical (unpaired) electrons. The van der Waals surface area contributed by atoms with Crippen LogP contribution in [0.5, 0.6) is 5.75 Å². The number of carbonyl (C=O) groups is 4. The number of alkyl carbamates (subject to hydrolysis) is 1. The summed E-state index contributed by atoms with van der Waals surface area (Å²) in [4.78, 5) is 49.9. The molecule has 0 saturated heterocycles. The Morgan fingerprint density at radius 2 is 1.79 bits per heavy atom. The van der Waals surface area contributed by atoms with Crippen molar-refractivity contribution in [3.05, 3.63) is 42.0 Å². The number of ether oxygens (including phenoxy) is 3. The predicted octanol–water partition coefficient (Wildman–Crippen LogP) is 3.15. The van der Waals surface area contributed by atoms with Crippen molar-refractivity contribution in [3.63, 3.8) is 0 Å². The van der Waals surface area contributed by atoms with Crippen molar-refractivity contribution in [2.45, 2.75) is 84.0 Å². The maximum absolute atomic E-state index is 13.4. The summed E-state index contributed by atoms with van der Waals surface area (Å²) in [6, 6.07) is 3.99. The summed E-state index contributed by atoms with van der Waals surface area (Å²) in [5, 5.41) is 20.4. The number of carboxylic acids is 1. The molecule has 0 spiro atoms. The first-order chi connectivity index (χ1) is 19.8. The molecule has 0 fully saturated rings. The molecule has 2 bridgehead atoms. The van der Waals surface area contributed by atoms with Crippen LogP contribution in [0.3, 0.4) is 0 Å². The summed E-state index contributed by atoms with van der Waals surface area (Å²) >= 11 is 0. The lowest BCUT2D eigenvalue weighted by molar-refractivity contribution is -0.139. The Morgan fingerprint density at radius 3 is 2.43 bits per heavy atom. The topological polar surface area (TPSA) is 164 Å². The number of aliphatic carboxylic acids is 1. The minimum absolute atomic E-state index is 0.0649. The lowest BCUT2D eigenvalue weighted by atomic mass is 10.0. The summed E-state index contributed by atoms with van der Waals surface area (Å²) in [5.74, 6) is -0.881. The molecule has 5 N–H and O–H groups in total. The fourth-order valence-corrected chi connectivity index (χ4v) is 3.99. The number of fused-ring (bicyclic) bond motifs is 12. The Morgan fingerprint density at radius 1 is 1.10 bits per heavy atom. The van der Waals surface area contributed by atoms with Gasteiger partial charge in [-0.15, -0.1) is 0 Å². The summed E-state index contributed by atoms with van der Waals surface area (Å²) in [6.45, 7) is 10.5. The first-order valence-electron chi connectivity index (χ1n) is 14.4. The van der Waals surface area contributed by atoms with E-state index in [2.05, 4.69) is 21.3 Å². The number of unbranched alkanes of at least 4 members (excludes halogenated alkanes) is 1. The van der Waals surface area contributed by atoms with Gasteiger partial charge in [0.2, 0.25) is 5.91 Å². The van der Waals surface area contributed by atoms with E-state index < -0.39 is 41.7 Å². The van der Waals surface area contributed by atoms with Crippen LogP contribution in [0.25, 0.3) is 0 Å². The van der Waals surface area contributed by atoms with Crippen molar-refractivity contribution in [2.24, 2.45) is 5.92 Å². The molecule has 12 heteroatoms. The molecule has 12 nitrogen and oxygen atoms in total. The quantitative estimate of drug-likeness (QED) is 0.216. The standard InChI is InChI=1S/C30H46N4O8/c1-20(2)25-19-40-16-8-9-17-41-22-13-11-21(12-14-22)18-24(26(35)32-25)34-28(38)33-23(27(36)37)10-6-7-15-31-29(39)42-30(3,4)5/h8-9,11-14,20,23-25H,6-7,10,15-19H2,1-5H3,(H,31,39)(H,32,35)(H,36,37)(H2,33,34,38)/b9-8+/t23-,24+,25+/m0/s1. The van der Waals surface area contributed by atoms with Crippen LogP contribution in [-0.2, 0) is 25.5 Å². The van der Waals surface area contributed by atoms with E-state index in [4.69, 9.17) is 14.2 Å². The monoisotopic (exact) mass is 590 g/mol. The third kappa shape index (κ3) is 13.7. The van der Waals surface area contributed by atoms with Gasteiger partial charge in [0, 0.05) is 13.0 Å². The summed E-state index contributed by atoms with van der Waals surface area (Å²) < 4.78 is 16.6. The van der Waals surface area contributed by atoms with Crippen LogP contribution >= 0.6 is 0 Å². The van der Waals surface area contributed by atoms with E-state index in [1.54, 1.807) is 32.9 Å². The molecular formula is C30H46N4O8. The average molecular weight is 591 g/mol. The maximum Gasteiger partial charge on any atom is 0.407 e. The second-order valence-electron chi connectivity index (χ2n) is 11.5. The van der Waals surface area contributed by atoms with E-state index in [0.717, 1.165) is 5.56 Å². The number of hydrogen-bond acceptors (Lipinski definition) is 7. The summed E-state index contributed by atoms with van der Waals surface area (Å²) in [6.07, 6.45) is 4.41. The third-order valence-corrected chi connectivity index (χ3v) is 6.33. The lowest BCUT2D eigenvalue weighted by Crippen LogP contribution is -2.56. The predicted molar refractivity (Wildman–Crippen MR) is 157 cm³/mol. The van der Waals surface area contributed by atoms with Gasteiger partial charge in [-0.25, -0.2) is 14.4 Å². The molecule has 234 valence electrons. The molecule has 4 amide bonds. The minimum Gasteiger partial charge on any atom is -0.490 e. The van der Waals surface area contributed by atoms with Crippen LogP contribution in [0.15, 0.2) is 36.4 Å². The van der Waals surface area contributed by atoms with Gasteiger partial charge in [0.25, 0.3) is 0 Å². The van der Waals surface area contributed by atoms with E-state index >= 15 is 0 Å². The van der Waals surface area contributed by atoms with Crippen molar-refractivity contribution < 1.29 is 38.5 Å². The van der Waals surface area contributed by atoms with Crippen molar-refractivity contribution in [1.82, 2.24) is 21.3 Å². The smallest absolute Gasteiger partial charge is 0.407 e. The van der Waals surface area contributed by atoms with Gasteiger partial charge in [0.05, 0.1) is 19.3 Å². The van der Waals surface area contributed by atoms with Crippen LogP contribution in [0.2, 0.25) is 0 Å². The second-order valence-corrected chi connectivity index (χ2v) is 11.5. The Kier molecular flexibility index (Phi) is 14.1. The Hall–Kier alpha value is -3.80. The van der Waals surface area contributed by atoms with Crippen LogP contribution in [0.4, 0.5) is 9.59 Å². The number of amides is 4. The van der Waals surface area contributed by atoms with Gasteiger partial charge >= 0.3 is 18.1 Å². The van der Waals surface area contributed by atoms with Crippen molar-refractivity contribution in [3.8, 4) is 5.75 Å². The van der Waals surface area contributed by atoms with Gasteiger partial charge in [-0.2, -0.15) is 0 Å². The van der Waals surface area contributed by atoms with Crippen molar-refractivity contribution >= 4 is 24.0 Å². The highest BCUT2D eigenvalue weighted by Crippen LogP contribution is 2.15. The number of benzene rings is 1. The Bertz CT molecular complexity index is 1050. The van der Waals surface area contributed by atoms with E-state index in [-0.39, 0.29) is 31.4 Å². The molecule has 1 aromatic carbocycles. The minimum atomic E-state index is -1.20. The van der Waals surface area contributed by atoms with E-state index in [1.807, 2.05) is 38.1 Å². The Balaban J connectivity index is 2.03. The fraction of sp³-hybridized carbons (Fsp3) is 0.600. The molecule has 2 heterocycles. The summed E-state index contributed by atoms with van der Waals surface area (Å²) in [7, 11) is 0. The molecule has 42 heavy (non-hydrogen) atoms. The van der Waals surface area contributed by atoms with Crippen LogP contribution in [0, 0.1) is 5.92 Å². The van der Waals surface area contributed by atoms with Gasteiger partial charge in [0.15, 0.2) is 0 Å². The number of urea groups is 1. The van der Waals surface area contributed by atoms with Crippen LogP contribution in [0.1, 0.15) is 59.4 Å². The van der Waals surface area contributed by atoms with Gasteiger partial charge in [-0.05, 0) is 69.7 Å². The van der Waals surface area contributed by atoms with Gasteiger partial charge in [-0.1, -0.05) is 32.1 Å². The van der Waals surface area contributed by atoms with E-state index in [9.17, 15) is 24.3 Å². The molecular weight excluding hydrogens is 544 g/mol. The number of carbonyl (C=O) groups excluding carboxylic acids is 3. The molecule has 2 aliphatic rings. The van der Waals surface area contributed by atoms with E-state index in [1.165, 1.54) is 0 Å². The number of carboxylic acid groups (broad SMARTS) is 1. The maximum atomic E-state index is 13.4. The molecule has 0 saturated carbocycles. The molecule has 1 aromatic rings. The highest BCUT2D eigenvalue weighted by molar-refractivity contribution is 5.89. The number of rotatable bonds is 9. The highest BCUT2D eigenvalue weighted by Gasteiger charge is 2.27. The molecule has 0 unspecified atom stereocenters. The zero-order chi connectivity index (χ0) is 31.1. The molecule has 2 aliphatic heterocycles. The van der Waals surface area contributed by atoms with Crippen LogP contribution in [-0.4, -0.2) is 79.2 Å². The Labute approximate surface area is 247 Å². The van der Waals surface area contributed by atoms with Crippen molar-refractivity contribution in [2.75, 3.05) is 26.4 Å². The SMILES string of the molecule is CC(C)[C@H]1COC/C=C/COc2ccc(cc2)C[C@@H](NC(=O)N[C@@H](CCCCNC(=O)OC(C)(C)C)C(=O)O)C(=O)N1. The third-order valence-electron chi connectivity index (χ3n) is 6.33. The zero-order valence-electron chi connectivity index (χ0n) is 25.2. The average Bonchev–Trinajstić information content (AvgIpc) is 2.89. The molecule has 0 aliphatic carbocycles. The first kappa shape index (κ1) is 34.4. The van der Waals surface area contributed by atoms with Gasteiger partial charge < -0.3 is 40.6 Å². The molecule has 3 rings (SSSR count).